The molecule has 0 radical (unpaired) electrons. The van der Waals surface area contributed by atoms with Crippen LogP contribution < -0.4 is 0 Å². The number of carbonyl (C=O) groups excluding carboxylic acids is 2. The van der Waals surface area contributed by atoms with Crippen molar-refractivity contribution in [3.63, 3.8) is 0 Å². The van der Waals surface area contributed by atoms with E-state index in [1.807, 2.05) is 42.5 Å². The Morgan fingerprint density at radius 2 is 1.83 bits per heavy atom. The minimum atomic E-state index is -1.04. The Bertz CT molecular complexity index is 759. The molecular weight excluding hydrogens is 320 g/mol. The standard InChI is InChI=1S/C16H15ClN2O4/c1-19(2)15(20)14(17)18-23-16(21)22-10-11-7-8-12-5-3-4-6-13(12)9-11/h3-9H,10H2,1-2H3. The molecule has 2 aromatic carbocycles. The van der Waals surface area contributed by atoms with Crippen molar-refractivity contribution in [1.29, 1.82) is 0 Å². The van der Waals surface area contributed by atoms with Crippen LogP contribution in [0.4, 0.5) is 4.79 Å². The molecule has 7 heteroatoms. The summed E-state index contributed by atoms with van der Waals surface area (Å²) in [6.07, 6.45) is -1.04. The van der Waals surface area contributed by atoms with Gasteiger partial charge >= 0.3 is 6.16 Å². The molecule has 0 saturated heterocycles. The maximum absolute atomic E-state index is 11.4. The molecule has 0 fully saturated rings. The van der Waals surface area contributed by atoms with Crippen molar-refractivity contribution in [3.05, 3.63) is 48.0 Å². The van der Waals surface area contributed by atoms with Gasteiger partial charge < -0.3 is 9.64 Å². The van der Waals surface area contributed by atoms with Crippen LogP contribution in [0.2, 0.25) is 0 Å². The van der Waals surface area contributed by atoms with Crippen LogP contribution in [0.3, 0.4) is 0 Å². The third-order valence-electron chi connectivity index (χ3n) is 2.95. The molecule has 0 bridgehead atoms. The SMILES string of the molecule is CN(C)C(=O)C(Cl)=NOC(=O)OCc1ccc2ccccc2c1. The van der Waals surface area contributed by atoms with E-state index < -0.39 is 17.2 Å². The molecule has 0 N–H and O–H groups in total. The van der Waals surface area contributed by atoms with Gasteiger partial charge in [-0.2, -0.15) is 0 Å². The summed E-state index contributed by atoms with van der Waals surface area (Å²) in [4.78, 5) is 28.5. The zero-order valence-corrected chi connectivity index (χ0v) is 13.4. The normalized spacial score (nSPS) is 11.2. The molecule has 1 amide bonds. The van der Waals surface area contributed by atoms with Crippen LogP contribution in [-0.2, 0) is 21.0 Å². The second kappa shape index (κ2) is 7.60. The molecule has 0 atom stereocenters. The lowest BCUT2D eigenvalue weighted by Crippen LogP contribution is -2.27. The number of hydrogen-bond donors (Lipinski definition) is 0. The van der Waals surface area contributed by atoms with E-state index in [0.717, 1.165) is 16.3 Å². The first-order valence-electron chi connectivity index (χ1n) is 6.74. The van der Waals surface area contributed by atoms with Gasteiger partial charge in [0, 0.05) is 14.1 Å². The van der Waals surface area contributed by atoms with Crippen LogP contribution >= 0.6 is 11.6 Å². The van der Waals surface area contributed by atoms with Gasteiger partial charge in [-0.1, -0.05) is 53.2 Å². The van der Waals surface area contributed by atoms with Crippen molar-refractivity contribution in [3.8, 4) is 0 Å². The first kappa shape index (κ1) is 16.8. The molecule has 0 aliphatic carbocycles. The monoisotopic (exact) mass is 334 g/mol. The van der Waals surface area contributed by atoms with E-state index in [1.165, 1.54) is 19.0 Å². The summed E-state index contributed by atoms with van der Waals surface area (Å²) in [5.41, 5.74) is 0.806. The van der Waals surface area contributed by atoms with E-state index in [4.69, 9.17) is 16.3 Å². The van der Waals surface area contributed by atoms with Crippen molar-refractivity contribution in [2.45, 2.75) is 6.61 Å². The lowest BCUT2D eigenvalue weighted by atomic mass is 10.1. The Labute approximate surface area is 138 Å². The number of amides is 1. The van der Waals surface area contributed by atoms with Crippen LogP contribution in [0.5, 0.6) is 0 Å². The smallest absolute Gasteiger partial charge is 0.428 e. The fourth-order valence-electron chi connectivity index (χ4n) is 1.80. The topological polar surface area (TPSA) is 68.2 Å². The predicted molar refractivity (Wildman–Crippen MR) is 87.2 cm³/mol. The van der Waals surface area contributed by atoms with E-state index in [9.17, 15) is 9.59 Å². The summed E-state index contributed by atoms with van der Waals surface area (Å²) < 4.78 is 4.92. The largest absolute Gasteiger partial charge is 0.535 e. The van der Waals surface area contributed by atoms with Crippen molar-refractivity contribution in [2.24, 2.45) is 5.16 Å². The Balaban J connectivity index is 1.90. The molecule has 0 aromatic heterocycles. The van der Waals surface area contributed by atoms with Gasteiger partial charge in [0.05, 0.1) is 0 Å². The van der Waals surface area contributed by atoms with Gasteiger partial charge in [-0.05, 0) is 22.4 Å². The summed E-state index contributed by atoms with van der Waals surface area (Å²) in [7, 11) is 3.00. The minimum absolute atomic E-state index is 0.0262. The van der Waals surface area contributed by atoms with E-state index in [1.54, 1.807) is 0 Å². The Morgan fingerprint density at radius 1 is 1.13 bits per heavy atom. The summed E-state index contributed by atoms with van der Waals surface area (Å²) in [5, 5.41) is 4.90. The molecule has 0 aliphatic rings. The number of hydrogen-bond acceptors (Lipinski definition) is 5. The van der Waals surface area contributed by atoms with E-state index in [-0.39, 0.29) is 6.61 Å². The Kier molecular flexibility index (Phi) is 5.54. The van der Waals surface area contributed by atoms with Crippen LogP contribution in [0.25, 0.3) is 10.8 Å². The van der Waals surface area contributed by atoms with Gasteiger partial charge in [-0.25, -0.2) is 4.79 Å². The van der Waals surface area contributed by atoms with E-state index in [0.29, 0.717) is 0 Å². The van der Waals surface area contributed by atoms with Gasteiger partial charge in [0.2, 0.25) is 5.17 Å². The summed E-state index contributed by atoms with van der Waals surface area (Å²) in [6, 6.07) is 13.5. The van der Waals surface area contributed by atoms with Crippen LogP contribution in [0, 0.1) is 0 Å². The molecule has 2 aromatic rings. The van der Waals surface area contributed by atoms with Gasteiger partial charge in [0.25, 0.3) is 5.91 Å². The number of carbonyl (C=O) groups is 2. The van der Waals surface area contributed by atoms with Crippen LogP contribution in [0.15, 0.2) is 47.6 Å². The lowest BCUT2D eigenvalue weighted by molar-refractivity contribution is -0.121. The minimum Gasteiger partial charge on any atom is -0.428 e. The van der Waals surface area contributed by atoms with Crippen molar-refractivity contribution < 1.29 is 19.2 Å². The first-order chi connectivity index (χ1) is 11.0. The van der Waals surface area contributed by atoms with Gasteiger partial charge in [0.1, 0.15) is 6.61 Å². The van der Waals surface area contributed by atoms with Crippen LogP contribution in [0.1, 0.15) is 5.56 Å². The zero-order chi connectivity index (χ0) is 16.8. The highest BCUT2D eigenvalue weighted by Gasteiger charge is 2.13. The Hall–Kier alpha value is -2.60. The van der Waals surface area contributed by atoms with Gasteiger partial charge in [0.15, 0.2) is 0 Å². The number of ether oxygens (including phenoxy) is 1. The molecule has 0 saturated carbocycles. The number of fused-ring (bicyclic) bond motifs is 1. The van der Waals surface area contributed by atoms with E-state index >= 15 is 0 Å². The molecule has 0 heterocycles. The maximum Gasteiger partial charge on any atom is 0.535 e. The molecule has 120 valence electrons. The maximum atomic E-state index is 11.4. The quantitative estimate of drug-likeness (QED) is 0.373. The number of rotatable bonds is 4. The third kappa shape index (κ3) is 4.69. The summed E-state index contributed by atoms with van der Waals surface area (Å²) >= 11 is 5.58. The second-order valence-corrected chi connectivity index (χ2v) is 5.25. The average molecular weight is 335 g/mol. The highest BCUT2D eigenvalue weighted by atomic mass is 35.5. The first-order valence-corrected chi connectivity index (χ1v) is 7.12. The van der Waals surface area contributed by atoms with Crippen molar-refractivity contribution >= 4 is 39.6 Å². The second-order valence-electron chi connectivity index (χ2n) is 4.89. The van der Waals surface area contributed by atoms with Gasteiger partial charge in [-0.15, -0.1) is 0 Å². The van der Waals surface area contributed by atoms with E-state index in [2.05, 4.69) is 9.99 Å². The van der Waals surface area contributed by atoms with Gasteiger partial charge in [-0.3, -0.25) is 9.63 Å². The Morgan fingerprint density at radius 3 is 2.52 bits per heavy atom. The fourth-order valence-corrected chi connectivity index (χ4v) is 2.00. The highest BCUT2D eigenvalue weighted by Crippen LogP contribution is 2.16. The summed E-state index contributed by atoms with van der Waals surface area (Å²) in [6.45, 7) is 0.0262. The lowest BCUT2D eigenvalue weighted by Gasteiger charge is -2.07. The molecule has 2 rings (SSSR count). The number of halogens is 1. The number of nitrogens with zero attached hydrogens (tertiary/aromatic N) is 2. The molecule has 6 nitrogen and oxygen atoms in total. The zero-order valence-electron chi connectivity index (χ0n) is 12.7. The highest BCUT2D eigenvalue weighted by molar-refractivity contribution is 6.82. The van der Waals surface area contributed by atoms with Crippen LogP contribution in [-0.4, -0.2) is 36.2 Å². The third-order valence-corrected chi connectivity index (χ3v) is 3.18. The molecular formula is C16H15ClN2O4. The number of oxime groups is 1. The predicted octanol–water partition coefficient (Wildman–Crippen LogP) is 3.13. The van der Waals surface area contributed by atoms with Crippen molar-refractivity contribution in [2.75, 3.05) is 14.1 Å². The molecule has 0 unspecified atom stereocenters. The molecule has 0 aliphatic heterocycles. The average Bonchev–Trinajstić information content (AvgIpc) is 2.56. The summed E-state index contributed by atoms with van der Waals surface area (Å²) in [5.74, 6) is -0.575. The molecule has 0 spiro atoms. The van der Waals surface area contributed by atoms with Crippen molar-refractivity contribution in [1.82, 2.24) is 4.90 Å². The fraction of sp³-hybridized carbons (Fsp3) is 0.188. The molecule has 23 heavy (non-hydrogen) atoms. The number of benzene rings is 2.